The molecule has 186 valence electrons. The van der Waals surface area contributed by atoms with Crippen LogP contribution >= 0.6 is 0 Å². The molecule has 38 heavy (non-hydrogen) atoms. The maximum atomic E-state index is 15.1. The summed E-state index contributed by atoms with van der Waals surface area (Å²) in [5.41, 5.74) is 5.94. The van der Waals surface area contributed by atoms with Crippen LogP contribution in [0.1, 0.15) is 28.8 Å². The van der Waals surface area contributed by atoms with Crippen LogP contribution in [0.2, 0.25) is 0 Å². The molecule has 7 nitrogen and oxygen atoms in total. The van der Waals surface area contributed by atoms with E-state index in [9.17, 15) is 4.79 Å². The van der Waals surface area contributed by atoms with Crippen molar-refractivity contribution in [3.63, 3.8) is 0 Å². The minimum atomic E-state index is -0.624. The molecule has 0 fully saturated rings. The first-order valence-electron chi connectivity index (χ1n) is 12.2. The second-order valence-electron chi connectivity index (χ2n) is 9.19. The Morgan fingerprint density at radius 3 is 2.84 bits per heavy atom. The van der Waals surface area contributed by atoms with Crippen LogP contribution in [-0.4, -0.2) is 30.9 Å². The van der Waals surface area contributed by atoms with Crippen LogP contribution in [0.25, 0.3) is 33.3 Å². The van der Waals surface area contributed by atoms with Crippen molar-refractivity contribution in [2.45, 2.75) is 19.4 Å². The lowest BCUT2D eigenvalue weighted by atomic mass is 10.1. The molecule has 3 aromatic heterocycles. The summed E-state index contributed by atoms with van der Waals surface area (Å²) >= 11 is 0. The van der Waals surface area contributed by atoms with Gasteiger partial charge >= 0.3 is 0 Å². The molecular formula is C30H23FN6O. The number of nitrogens with one attached hydrogen (secondary N) is 1. The van der Waals surface area contributed by atoms with Crippen LogP contribution in [0.4, 0.5) is 4.39 Å². The number of hydrogen-bond acceptors (Lipinski definition) is 5. The van der Waals surface area contributed by atoms with Crippen molar-refractivity contribution >= 4 is 28.0 Å². The highest BCUT2D eigenvalue weighted by Crippen LogP contribution is 2.24. The van der Waals surface area contributed by atoms with E-state index < -0.39 is 11.7 Å². The largest absolute Gasteiger partial charge is 0.322 e. The van der Waals surface area contributed by atoms with E-state index in [1.165, 1.54) is 12.1 Å². The van der Waals surface area contributed by atoms with Gasteiger partial charge in [0.1, 0.15) is 11.3 Å². The van der Waals surface area contributed by atoms with Crippen molar-refractivity contribution in [3.05, 3.63) is 120 Å². The number of nitrogens with zero attached hydrogens (tertiary/aromatic N) is 5. The highest BCUT2D eigenvalue weighted by atomic mass is 19.1. The second-order valence-corrected chi connectivity index (χ2v) is 9.19. The Labute approximate surface area is 218 Å². The quantitative estimate of drug-likeness (QED) is 0.310. The number of fused-ring (bicyclic) bond motifs is 2. The molecule has 0 bridgehead atoms. The van der Waals surface area contributed by atoms with Crippen LogP contribution in [0.3, 0.4) is 0 Å². The average molecular weight is 503 g/mol. The molecule has 0 aliphatic heterocycles. The van der Waals surface area contributed by atoms with Gasteiger partial charge in [0.05, 0.1) is 23.3 Å². The number of carbonyl (C=O) groups excluding carboxylic acids is 1. The summed E-state index contributed by atoms with van der Waals surface area (Å²) in [6, 6.07) is 18.0. The number of halogens is 1. The van der Waals surface area contributed by atoms with Crippen molar-refractivity contribution in [1.29, 1.82) is 0 Å². The van der Waals surface area contributed by atoms with E-state index in [1.54, 1.807) is 23.0 Å². The zero-order valence-corrected chi connectivity index (χ0v) is 20.4. The maximum absolute atomic E-state index is 15.1. The fourth-order valence-electron chi connectivity index (χ4n) is 4.43. The summed E-state index contributed by atoms with van der Waals surface area (Å²) in [6.45, 7) is 4.44. The lowest BCUT2D eigenvalue weighted by molar-refractivity contribution is 0.0963. The molecule has 1 aliphatic carbocycles. The minimum absolute atomic E-state index is 0.0373. The zero-order chi connectivity index (χ0) is 26.1. The predicted molar refractivity (Wildman–Crippen MR) is 145 cm³/mol. The molecule has 0 atom stereocenters. The predicted octanol–water partition coefficient (Wildman–Crippen LogP) is 5.75. The molecule has 0 radical (unpaired) electrons. The molecule has 0 unspecified atom stereocenters. The van der Waals surface area contributed by atoms with Gasteiger partial charge in [0.25, 0.3) is 5.91 Å². The van der Waals surface area contributed by atoms with Crippen LogP contribution < -0.4 is 5.32 Å². The van der Waals surface area contributed by atoms with Gasteiger partial charge in [-0.1, -0.05) is 47.7 Å². The number of allylic oxidation sites excluding steroid dienone is 4. The molecule has 8 heteroatoms. The van der Waals surface area contributed by atoms with Crippen molar-refractivity contribution in [2.24, 2.45) is 0 Å². The normalized spacial score (nSPS) is 13.5. The van der Waals surface area contributed by atoms with Gasteiger partial charge in [-0.05, 0) is 66.9 Å². The smallest absolute Gasteiger partial charge is 0.258 e. The summed E-state index contributed by atoms with van der Waals surface area (Å²) in [6.07, 6.45) is 8.81. The van der Waals surface area contributed by atoms with Crippen LogP contribution in [-0.2, 0) is 6.54 Å². The van der Waals surface area contributed by atoms with Crippen LogP contribution in [0, 0.1) is 5.82 Å². The summed E-state index contributed by atoms with van der Waals surface area (Å²) in [4.78, 5) is 21.8. The number of hydrogen-bond donors (Lipinski definition) is 1. The maximum Gasteiger partial charge on any atom is 0.258 e. The van der Waals surface area contributed by atoms with Crippen molar-refractivity contribution in [3.8, 4) is 11.3 Å². The molecule has 1 N–H and O–H groups in total. The molecular weight excluding hydrogens is 479 g/mol. The van der Waals surface area contributed by atoms with Gasteiger partial charge < -0.3 is 5.32 Å². The van der Waals surface area contributed by atoms with E-state index in [1.807, 2.05) is 48.6 Å². The topological polar surface area (TPSA) is 85.6 Å². The molecule has 0 saturated carbocycles. The molecule has 1 aliphatic rings. The Bertz CT molecular complexity index is 1780. The lowest BCUT2D eigenvalue weighted by Crippen LogP contribution is -2.23. The summed E-state index contributed by atoms with van der Waals surface area (Å²) < 4.78 is 16.8. The number of amides is 1. The third kappa shape index (κ3) is 4.71. The third-order valence-electron chi connectivity index (χ3n) is 6.44. The Hall–Kier alpha value is -4.98. The highest BCUT2D eigenvalue weighted by Gasteiger charge is 2.16. The number of carbonyl (C=O) groups is 1. The third-order valence-corrected chi connectivity index (χ3v) is 6.44. The fourth-order valence-corrected chi connectivity index (χ4v) is 4.43. The minimum Gasteiger partial charge on any atom is -0.322 e. The van der Waals surface area contributed by atoms with Gasteiger partial charge in [-0.15, -0.1) is 5.10 Å². The Morgan fingerprint density at radius 1 is 1.05 bits per heavy atom. The Morgan fingerprint density at radius 2 is 1.95 bits per heavy atom. The number of aromatic nitrogens is 5. The van der Waals surface area contributed by atoms with Gasteiger partial charge in [0.2, 0.25) is 0 Å². The second kappa shape index (κ2) is 9.82. The van der Waals surface area contributed by atoms with Crippen LogP contribution in [0.15, 0.2) is 103 Å². The zero-order valence-electron chi connectivity index (χ0n) is 20.4. The van der Waals surface area contributed by atoms with Gasteiger partial charge in [-0.3, -0.25) is 9.78 Å². The van der Waals surface area contributed by atoms with Crippen molar-refractivity contribution in [2.75, 3.05) is 0 Å². The molecule has 3 heterocycles. The molecule has 2 aromatic carbocycles. The van der Waals surface area contributed by atoms with E-state index in [0.717, 1.165) is 28.5 Å². The molecule has 0 saturated heterocycles. The van der Waals surface area contributed by atoms with E-state index in [2.05, 4.69) is 33.3 Å². The molecule has 1 amide bonds. The SMILES string of the molecule is C=C1CC=CC(NC(=O)c2ccc(-c3ccc4nnn(Cc5ccc6ncccc6c5)c4n3)cc2F)=CC1. The Balaban J connectivity index is 1.25. The Kier molecular flexibility index (Phi) is 6.05. The van der Waals surface area contributed by atoms with Gasteiger partial charge in [-0.2, -0.15) is 0 Å². The van der Waals surface area contributed by atoms with E-state index in [0.29, 0.717) is 41.1 Å². The summed E-state index contributed by atoms with van der Waals surface area (Å²) in [5, 5.41) is 12.3. The van der Waals surface area contributed by atoms with Crippen molar-refractivity contribution < 1.29 is 9.18 Å². The standard InChI is InChI=1S/C30H23FN6O/c1-19-4-2-6-23(10-7-19)33-30(38)24-11-9-22(17-25(24)31)27-13-14-28-29(34-27)37(36-35-28)18-20-8-12-26-21(16-20)5-3-15-32-26/h2-3,5-6,8-17H,1,4,7,18H2,(H,33,38). The average Bonchev–Trinajstić information content (AvgIpc) is 3.21. The first kappa shape index (κ1) is 23.4. The van der Waals surface area contributed by atoms with E-state index in [4.69, 9.17) is 4.98 Å². The van der Waals surface area contributed by atoms with Gasteiger partial charge in [0, 0.05) is 22.8 Å². The molecule has 6 rings (SSSR count). The summed E-state index contributed by atoms with van der Waals surface area (Å²) in [5.74, 6) is -1.13. The van der Waals surface area contributed by atoms with E-state index in [-0.39, 0.29) is 5.56 Å². The first-order valence-corrected chi connectivity index (χ1v) is 12.2. The molecule has 0 spiro atoms. The van der Waals surface area contributed by atoms with E-state index >= 15 is 4.39 Å². The summed E-state index contributed by atoms with van der Waals surface area (Å²) in [7, 11) is 0. The monoisotopic (exact) mass is 502 g/mol. The number of pyridine rings is 2. The highest BCUT2D eigenvalue weighted by molar-refractivity contribution is 5.96. The van der Waals surface area contributed by atoms with Crippen molar-refractivity contribution in [1.82, 2.24) is 30.3 Å². The van der Waals surface area contributed by atoms with Gasteiger partial charge in [0.15, 0.2) is 5.65 Å². The molecule has 5 aromatic rings. The van der Waals surface area contributed by atoms with Crippen LogP contribution in [0.5, 0.6) is 0 Å². The number of benzene rings is 2. The lowest BCUT2D eigenvalue weighted by Gasteiger charge is -2.09. The first-order chi connectivity index (χ1) is 18.5. The fraction of sp³-hybridized carbons (Fsp3) is 0.100. The van der Waals surface area contributed by atoms with Gasteiger partial charge in [-0.25, -0.2) is 14.1 Å². The number of rotatable bonds is 5.